The monoisotopic (exact) mass is 455 g/mol. The Balaban J connectivity index is 1.98. The molecule has 1 N–H and O–H groups in total. The molecule has 0 spiro atoms. The van der Waals surface area contributed by atoms with Crippen LogP contribution in [-0.4, -0.2) is 21.5 Å². The lowest BCUT2D eigenvalue weighted by Crippen LogP contribution is -2.28. The summed E-state index contributed by atoms with van der Waals surface area (Å²) in [5.74, 6) is -0.581. The second-order valence-corrected chi connectivity index (χ2v) is 9.22. The molecule has 1 unspecified atom stereocenters. The summed E-state index contributed by atoms with van der Waals surface area (Å²) in [5.41, 5.74) is 0.702. The summed E-state index contributed by atoms with van der Waals surface area (Å²) in [7, 11) is -2.41. The van der Waals surface area contributed by atoms with Crippen molar-refractivity contribution in [2.24, 2.45) is 0 Å². The van der Waals surface area contributed by atoms with E-state index in [0.29, 0.717) is 23.4 Å². The van der Waals surface area contributed by atoms with E-state index in [4.69, 9.17) is 11.6 Å². The average Bonchev–Trinajstić information content (AvgIpc) is 2.72. The molecule has 0 amide bonds. The summed E-state index contributed by atoms with van der Waals surface area (Å²) in [6, 6.07) is 11.4. The Morgan fingerprint density at radius 1 is 1.07 bits per heavy atom. The molecule has 2 aromatic rings. The molecule has 0 radical (unpaired) electrons. The van der Waals surface area contributed by atoms with Gasteiger partial charge in [0.25, 0.3) is 0 Å². The lowest BCUT2D eigenvalue weighted by Gasteiger charge is -2.19. The van der Waals surface area contributed by atoms with Gasteiger partial charge in [0.2, 0.25) is 10.0 Å². The van der Waals surface area contributed by atoms with E-state index in [1.807, 2.05) is 0 Å². The maximum atomic E-state index is 13.3. The van der Waals surface area contributed by atoms with Crippen LogP contribution in [0.4, 0.5) is 4.39 Å². The van der Waals surface area contributed by atoms with E-state index in [-0.39, 0.29) is 16.7 Å². The smallest absolute Gasteiger partial charge is 0.305 e. The van der Waals surface area contributed by atoms with Gasteiger partial charge in [0.05, 0.1) is 12.0 Å². The van der Waals surface area contributed by atoms with Gasteiger partial charge < -0.3 is 4.74 Å². The summed E-state index contributed by atoms with van der Waals surface area (Å²) < 4.78 is 46.3. The van der Waals surface area contributed by atoms with Crippen molar-refractivity contribution in [2.75, 3.05) is 7.11 Å². The van der Waals surface area contributed by atoms with Crippen molar-refractivity contribution < 1.29 is 22.3 Å². The first kappa shape index (κ1) is 24.3. The third-order valence-electron chi connectivity index (χ3n) is 4.78. The van der Waals surface area contributed by atoms with Gasteiger partial charge in [-0.3, -0.25) is 4.79 Å². The topological polar surface area (TPSA) is 72.5 Å². The van der Waals surface area contributed by atoms with Crippen molar-refractivity contribution in [1.29, 1.82) is 0 Å². The molecule has 0 fully saturated rings. The predicted molar refractivity (Wildman–Crippen MR) is 115 cm³/mol. The first-order valence-corrected chi connectivity index (χ1v) is 11.8. The Bertz CT molecular complexity index is 919. The quantitative estimate of drug-likeness (QED) is 0.343. The predicted octanol–water partition coefficient (Wildman–Crippen LogP) is 5.40. The largest absolute Gasteiger partial charge is 0.469 e. The number of benzene rings is 2. The molecule has 0 aliphatic heterocycles. The van der Waals surface area contributed by atoms with E-state index in [1.54, 1.807) is 24.3 Å². The number of unbranched alkanes of at least 4 members (excludes halogenated alkanes) is 4. The standard InChI is InChI=1S/C22H27ClFNO4S/c1-29-22(26)11-6-4-2-3-5-10-21(17-12-14-19(24)15-13-17)25-30(27,28)20-9-7-8-18(23)16-20/h7-9,12-16,21,25H,2-6,10-11H2,1H3. The third kappa shape index (κ3) is 8.05. The number of hydrogen-bond acceptors (Lipinski definition) is 4. The van der Waals surface area contributed by atoms with Gasteiger partial charge in [-0.15, -0.1) is 0 Å². The van der Waals surface area contributed by atoms with Crippen LogP contribution >= 0.6 is 11.6 Å². The van der Waals surface area contributed by atoms with E-state index in [9.17, 15) is 17.6 Å². The SMILES string of the molecule is COC(=O)CCCCCCCC(NS(=O)(=O)c1cccc(Cl)c1)c1ccc(F)cc1. The molecule has 164 valence electrons. The lowest BCUT2D eigenvalue weighted by molar-refractivity contribution is -0.140. The molecule has 0 aliphatic rings. The number of hydrogen-bond donors (Lipinski definition) is 1. The Morgan fingerprint density at radius 3 is 2.40 bits per heavy atom. The molecule has 1 atom stereocenters. The van der Waals surface area contributed by atoms with Crippen LogP contribution in [0.2, 0.25) is 5.02 Å². The van der Waals surface area contributed by atoms with Crippen molar-refractivity contribution in [2.45, 2.75) is 55.9 Å². The van der Waals surface area contributed by atoms with E-state index in [1.165, 1.54) is 31.4 Å². The molecule has 0 bridgehead atoms. The number of ether oxygens (including phenoxy) is 1. The Hall–Kier alpha value is -1.96. The number of rotatable bonds is 12. The van der Waals surface area contributed by atoms with Crippen molar-refractivity contribution in [3.05, 3.63) is 64.9 Å². The summed E-state index contributed by atoms with van der Waals surface area (Å²) in [6.45, 7) is 0. The minimum atomic E-state index is -3.78. The highest BCUT2D eigenvalue weighted by Crippen LogP contribution is 2.24. The van der Waals surface area contributed by atoms with Crippen LogP contribution in [0.1, 0.15) is 56.6 Å². The van der Waals surface area contributed by atoms with E-state index < -0.39 is 16.1 Å². The maximum absolute atomic E-state index is 13.3. The van der Waals surface area contributed by atoms with Crippen LogP contribution < -0.4 is 4.72 Å². The molecule has 0 saturated carbocycles. The summed E-state index contributed by atoms with van der Waals surface area (Å²) >= 11 is 5.93. The van der Waals surface area contributed by atoms with Gasteiger partial charge in [-0.1, -0.05) is 55.5 Å². The summed E-state index contributed by atoms with van der Waals surface area (Å²) in [4.78, 5) is 11.2. The highest BCUT2D eigenvalue weighted by molar-refractivity contribution is 7.89. The highest BCUT2D eigenvalue weighted by atomic mass is 35.5. The molecule has 0 heterocycles. The van der Waals surface area contributed by atoms with Gasteiger partial charge in [0.15, 0.2) is 0 Å². The van der Waals surface area contributed by atoms with Gasteiger partial charge in [0.1, 0.15) is 5.82 Å². The zero-order valence-electron chi connectivity index (χ0n) is 16.9. The van der Waals surface area contributed by atoms with Crippen LogP contribution in [0, 0.1) is 5.82 Å². The molecule has 2 aromatic carbocycles. The van der Waals surface area contributed by atoms with Crippen molar-refractivity contribution in [1.82, 2.24) is 4.72 Å². The number of nitrogens with one attached hydrogen (secondary N) is 1. The van der Waals surface area contributed by atoms with Gasteiger partial charge >= 0.3 is 5.97 Å². The Labute approximate surface area is 182 Å². The molecule has 5 nitrogen and oxygen atoms in total. The fourth-order valence-corrected chi connectivity index (χ4v) is 4.69. The molecule has 0 aliphatic carbocycles. The summed E-state index contributed by atoms with van der Waals surface area (Å²) in [6.07, 6.45) is 5.29. The second kappa shape index (κ2) is 12.0. The number of halogens is 2. The average molecular weight is 456 g/mol. The summed E-state index contributed by atoms with van der Waals surface area (Å²) in [5, 5.41) is 0.336. The Kier molecular flexibility index (Phi) is 9.75. The number of methoxy groups -OCH3 is 1. The third-order valence-corrected chi connectivity index (χ3v) is 6.48. The van der Waals surface area contributed by atoms with Gasteiger partial charge in [-0.05, 0) is 48.7 Å². The first-order valence-electron chi connectivity index (χ1n) is 9.92. The highest BCUT2D eigenvalue weighted by Gasteiger charge is 2.21. The molecular formula is C22H27ClFNO4S. The molecule has 8 heteroatoms. The lowest BCUT2D eigenvalue weighted by atomic mass is 10.0. The molecule has 0 saturated heterocycles. The number of carbonyl (C=O) groups excluding carboxylic acids is 1. The van der Waals surface area contributed by atoms with Crippen molar-refractivity contribution in [3.63, 3.8) is 0 Å². The van der Waals surface area contributed by atoms with Gasteiger partial charge in [-0.2, -0.15) is 0 Å². The Morgan fingerprint density at radius 2 is 1.73 bits per heavy atom. The van der Waals surface area contributed by atoms with Crippen LogP contribution in [-0.2, 0) is 19.6 Å². The van der Waals surface area contributed by atoms with E-state index in [2.05, 4.69) is 9.46 Å². The van der Waals surface area contributed by atoms with E-state index in [0.717, 1.165) is 32.1 Å². The molecule has 30 heavy (non-hydrogen) atoms. The fourth-order valence-electron chi connectivity index (χ4n) is 3.13. The van der Waals surface area contributed by atoms with Crippen molar-refractivity contribution in [3.8, 4) is 0 Å². The van der Waals surface area contributed by atoms with Crippen LogP contribution in [0.15, 0.2) is 53.4 Å². The number of esters is 1. The molecule has 2 rings (SSSR count). The zero-order valence-corrected chi connectivity index (χ0v) is 18.5. The fraction of sp³-hybridized carbons (Fsp3) is 0.409. The normalized spacial score (nSPS) is 12.5. The molecular weight excluding hydrogens is 429 g/mol. The minimum absolute atomic E-state index is 0.0879. The van der Waals surface area contributed by atoms with Crippen molar-refractivity contribution >= 4 is 27.6 Å². The van der Waals surface area contributed by atoms with Gasteiger partial charge in [-0.25, -0.2) is 17.5 Å². The second-order valence-electron chi connectivity index (χ2n) is 7.07. The van der Waals surface area contributed by atoms with Crippen LogP contribution in [0.5, 0.6) is 0 Å². The first-order chi connectivity index (χ1) is 14.3. The number of sulfonamides is 1. The van der Waals surface area contributed by atoms with Crippen LogP contribution in [0.25, 0.3) is 0 Å². The molecule has 0 aromatic heterocycles. The number of carbonyl (C=O) groups is 1. The minimum Gasteiger partial charge on any atom is -0.469 e. The van der Waals surface area contributed by atoms with E-state index >= 15 is 0 Å². The van der Waals surface area contributed by atoms with Crippen LogP contribution in [0.3, 0.4) is 0 Å². The zero-order chi connectivity index (χ0) is 22.0. The van der Waals surface area contributed by atoms with Gasteiger partial charge in [0, 0.05) is 17.5 Å². The maximum Gasteiger partial charge on any atom is 0.305 e.